The summed E-state index contributed by atoms with van der Waals surface area (Å²) < 4.78 is 0. The van der Waals surface area contributed by atoms with Crippen molar-refractivity contribution in [3.63, 3.8) is 0 Å². The molecule has 0 aromatic carbocycles. The Labute approximate surface area is 104 Å². The molecular formula is C14H24N2O. The van der Waals surface area contributed by atoms with Gasteiger partial charge in [-0.1, -0.05) is 26.7 Å². The van der Waals surface area contributed by atoms with Crippen LogP contribution >= 0.6 is 0 Å². The molecule has 3 heteroatoms. The summed E-state index contributed by atoms with van der Waals surface area (Å²) in [6, 6.07) is 0.630. The zero-order chi connectivity index (χ0) is 12.0. The molecule has 3 aliphatic rings. The fourth-order valence-electron chi connectivity index (χ4n) is 3.51. The van der Waals surface area contributed by atoms with Crippen LogP contribution in [0.5, 0.6) is 0 Å². The largest absolute Gasteiger partial charge is 0.323 e. The predicted octanol–water partition coefficient (Wildman–Crippen LogP) is 2.12. The number of hydrogen-bond donors (Lipinski definition) is 1. The van der Waals surface area contributed by atoms with Gasteiger partial charge in [0.05, 0.1) is 12.2 Å². The van der Waals surface area contributed by atoms with E-state index in [2.05, 4.69) is 24.1 Å². The Hall–Kier alpha value is -0.570. The van der Waals surface area contributed by atoms with Gasteiger partial charge >= 0.3 is 0 Å². The van der Waals surface area contributed by atoms with E-state index in [1.165, 1.54) is 38.5 Å². The Morgan fingerprint density at radius 1 is 1.18 bits per heavy atom. The molecule has 2 aliphatic carbocycles. The van der Waals surface area contributed by atoms with Crippen LogP contribution in [0.25, 0.3) is 0 Å². The number of nitrogens with one attached hydrogen (secondary N) is 1. The van der Waals surface area contributed by atoms with E-state index in [9.17, 15) is 4.79 Å². The summed E-state index contributed by atoms with van der Waals surface area (Å²) in [6.45, 7) is 4.30. The Bertz CT molecular complexity index is 305. The zero-order valence-corrected chi connectivity index (χ0v) is 11.0. The molecule has 2 unspecified atom stereocenters. The van der Waals surface area contributed by atoms with Crippen molar-refractivity contribution in [1.82, 2.24) is 10.2 Å². The van der Waals surface area contributed by atoms with Crippen LogP contribution in [0.1, 0.15) is 52.4 Å². The van der Waals surface area contributed by atoms with Crippen LogP contribution in [-0.2, 0) is 4.79 Å². The third kappa shape index (κ3) is 1.99. The van der Waals surface area contributed by atoms with Gasteiger partial charge in [-0.2, -0.15) is 0 Å². The molecule has 0 spiro atoms. The molecule has 3 fully saturated rings. The first-order valence-corrected chi connectivity index (χ1v) is 7.26. The minimum atomic E-state index is 0.0706. The Balaban J connectivity index is 1.78. The molecule has 2 atom stereocenters. The van der Waals surface area contributed by atoms with Gasteiger partial charge in [-0.3, -0.25) is 10.1 Å². The normalized spacial score (nSPS) is 35.2. The molecule has 0 bridgehead atoms. The van der Waals surface area contributed by atoms with Crippen LogP contribution in [-0.4, -0.2) is 29.1 Å². The molecule has 1 saturated heterocycles. The standard InChI is InChI=1S/C14H24N2O/c1-9(2)12-14(17)16(11-7-8-11)13(15-12)10-5-3-4-6-10/h9-13,15H,3-8H2,1-2H3. The average molecular weight is 236 g/mol. The lowest BCUT2D eigenvalue weighted by Gasteiger charge is -2.28. The lowest BCUT2D eigenvalue weighted by molar-refractivity contribution is -0.131. The molecule has 3 rings (SSSR count). The summed E-state index contributed by atoms with van der Waals surface area (Å²) in [7, 11) is 0. The van der Waals surface area contributed by atoms with Crippen LogP contribution in [0.4, 0.5) is 0 Å². The number of rotatable bonds is 3. The molecule has 3 nitrogen and oxygen atoms in total. The van der Waals surface area contributed by atoms with Crippen LogP contribution in [0.15, 0.2) is 0 Å². The second-order valence-corrected chi connectivity index (χ2v) is 6.35. The highest BCUT2D eigenvalue weighted by atomic mass is 16.2. The summed E-state index contributed by atoms with van der Waals surface area (Å²) in [4.78, 5) is 14.7. The highest BCUT2D eigenvalue weighted by Crippen LogP contribution is 2.39. The Morgan fingerprint density at radius 3 is 2.35 bits per heavy atom. The maximum Gasteiger partial charge on any atom is 0.241 e. The number of carbonyl (C=O) groups excluding carboxylic acids is 1. The van der Waals surface area contributed by atoms with E-state index < -0.39 is 0 Å². The summed E-state index contributed by atoms with van der Waals surface area (Å²) >= 11 is 0. The van der Waals surface area contributed by atoms with Crippen molar-refractivity contribution in [3.8, 4) is 0 Å². The summed E-state index contributed by atoms with van der Waals surface area (Å²) in [6.07, 6.45) is 8.11. The molecule has 0 aromatic heterocycles. The van der Waals surface area contributed by atoms with Crippen molar-refractivity contribution < 1.29 is 4.79 Å². The summed E-state index contributed by atoms with van der Waals surface area (Å²) in [5.74, 6) is 1.50. The Kier molecular flexibility index (Phi) is 2.89. The van der Waals surface area contributed by atoms with E-state index in [1.54, 1.807) is 0 Å². The maximum absolute atomic E-state index is 12.5. The van der Waals surface area contributed by atoms with Crippen LogP contribution in [0, 0.1) is 11.8 Å². The molecule has 96 valence electrons. The molecule has 1 amide bonds. The third-order valence-corrected chi connectivity index (χ3v) is 4.62. The topological polar surface area (TPSA) is 32.3 Å². The van der Waals surface area contributed by atoms with E-state index in [1.807, 2.05) is 0 Å². The fraction of sp³-hybridized carbons (Fsp3) is 0.929. The fourth-order valence-corrected chi connectivity index (χ4v) is 3.51. The third-order valence-electron chi connectivity index (χ3n) is 4.62. The molecule has 1 heterocycles. The van der Waals surface area contributed by atoms with Crippen molar-refractivity contribution >= 4 is 5.91 Å². The average Bonchev–Trinajstić information content (AvgIpc) is 2.86. The SMILES string of the molecule is CC(C)C1NC(C2CCCC2)N(C2CC2)C1=O. The second kappa shape index (κ2) is 4.27. The zero-order valence-electron chi connectivity index (χ0n) is 11.0. The van der Waals surface area contributed by atoms with E-state index in [0.717, 1.165) is 0 Å². The lowest BCUT2D eigenvalue weighted by atomic mass is 10.0. The maximum atomic E-state index is 12.5. The lowest BCUT2D eigenvalue weighted by Crippen LogP contribution is -2.43. The van der Waals surface area contributed by atoms with E-state index in [4.69, 9.17) is 0 Å². The van der Waals surface area contributed by atoms with Gasteiger partial charge in [0.2, 0.25) is 5.91 Å². The van der Waals surface area contributed by atoms with Gasteiger partial charge in [0, 0.05) is 6.04 Å². The van der Waals surface area contributed by atoms with Crippen molar-refractivity contribution in [2.75, 3.05) is 0 Å². The van der Waals surface area contributed by atoms with Crippen molar-refractivity contribution in [3.05, 3.63) is 0 Å². The van der Waals surface area contributed by atoms with Gasteiger partial charge < -0.3 is 4.90 Å². The molecular weight excluding hydrogens is 212 g/mol. The highest BCUT2D eigenvalue weighted by molar-refractivity contribution is 5.85. The minimum Gasteiger partial charge on any atom is -0.323 e. The first-order chi connectivity index (χ1) is 8.18. The van der Waals surface area contributed by atoms with Gasteiger partial charge in [0.15, 0.2) is 0 Å². The predicted molar refractivity (Wildman–Crippen MR) is 67.4 cm³/mol. The van der Waals surface area contributed by atoms with Gasteiger partial charge in [-0.05, 0) is 37.5 Å². The monoisotopic (exact) mass is 236 g/mol. The number of hydrogen-bond acceptors (Lipinski definition) is 2. The van der Waals surface area contributed by atoms with Crippen LogP contribution < -0.4 is 5.32 Å². The van der Waals surface area contributed by atoms with Crippen LogP contribution in [0.2, 0.25) is 0 Å². The highest BCUT2D eigenvalue weighted by Gasteiger charge is 2.49. The van der Waals surface area contributed by atoms with Gasteiger partial charge in [-0.15, -0.1) is 0 Å². The molecule has 17 heavy (non-hydrogen) atoms. The van der Waals surface area contributed by atoms with E-state index in [-0.39, 0.29) is 6.04 Å². The van der Waals surface area contributed by atoms with Gasteiger partial charge in [0.25, 0.3) is 0 Å². The van der Waals surface area contributed by atoms with Crippen molar-refractivity contribution in [1.29, 1.82) is 0 Å². The van der Waals surface area contributed by atoms with Gasteiger partial charge in [-0.25, -0.2) is 0 Å². The molecule has 1 N–H and O–H groups in total. The number of nitrogens with zero attached hydrogens (tertiary/aromatic N) is 1. The minimum absolute atomic E-state index is 0.0706. The van der Waals surface area contributed by atoms with E-state index >= 15 is 0 Å². The molecule has 2 saturated carbocycles. The second-order valence-electron chi connectivity index (χ2n) is 6.35. The first kappa shape index (κ1) is 11.5. The first-order valence-electron chi connectivity index (χ1n) is 7.26. The van der Waals surface area contributed by atoms with Crippen LogP contribution in [0.3, 0.4) is 0 Å². The van der Waals surface area contributed by atoms with Crippen molar-refractivity contribution in [2.24, 2.45) is 11.8 Å². The Morgan fingerprint density at radius 2 is 1.82 bits per heavy atom. The van der Waals surface area contributed by atoms with E-state index in [0.29, 0.717) is 30.0 Å². The summed E-state index contributed by atoms with van der Waals surface area (Å²) in [5.41, 5.74) is 0. The summed E-state index contributed by atoms with van der Waals surface area (Å²) in [5, 5.41) is 3.63. The van der Waals surface area contributed by atoms with Gasteiger partial charge in [0.1, 0.15) is 0 Å². The number of amides is 1. The smallest absolute Gasteiger partial charge is 0.241 e. The molecule has 0 radical (unpaired) electrons. The molecule has 1 aliphatic heterocycles. The molecule has 0 aromatic rings. The quantitative estimate of drug-likeness (QED) is 0.814. The number of carbonyl (C=O) groups is 1. The van der Waals surface area contributed by atoms with Crippen molar-refractivity contribution in [2.45, 2.75) is 70.6 Å².